The maximum absolute atomic E-state index is 12.6. The molecule has 2 aliphatic rings. The maximum atomic E-state index is 12.6. The van der Waals surface area contributed by atoms with Gasteiger partial charge in [-0.3, -0.25) is 4.79 Å². The quantitative estimate of drug-likeness (QED) is 0.710. The molecule has 6 nitrogen and oxygen atoms in total. The van der Waals surface area contributed by atoms with Crippen molar-refractivity contribution in [3.8, 4) is 5.75 Å². The highest BCUT2D eigenvalue weighted by molar-refractivity contribution is 9.10. The minimum absolute atomic E-state index is 0.0450. The van der Waals surface area contributed by atoms with Crippen LogP contribution in [-0.2, 0) is 6.54 Å². The highest BCUT2D eigenvalue weighted by atomic mass is 79.9. The Balaban J connectivity index is 1.36. The van der Waals surface area contributed by atoms with Gasteiger partial charge in [0.1, 0.15) is 12.1 Å². The molecule has 1 saturated carbocycles. The van der Waals surface area contributed by atoms with Crippen LogP contribution in [0.1, 0.15) is 41.7 Å². The molecule has 1 aromatic heterocycles. The SMILES string of the molecule is [C-]#[N+]c1ccc(OC2CCC(N3Cc4ncncc4C3=O)CC2)cc1Br. The zero-order valence-electron chi connectivity index (χ0n) is 14.1. The number of hydrogen-bond acceptors (Lipinski definition) is 4. The number of rotatable bonds is 3. The van der Waals surface area contributed by atoms with Crippen molar-refractivity contribution in [2.24, 2.45) is 0 Å². The van der Waals surface area contributed by atoms with Gasteiger partial charge in [-0.15, -0.1) is 0 Å². The lowest BCUT2D eigenvalue weighted by Crippen LogP contribution is -2.40. The normalized spacial score (nSPS) is 22.0. The van der Waals surface area contributed by atoms with E-state index in [0.717, 1.165) is 41.6 Å². The summed E-state index contributed by atoms with van der Waals surface area (Å²) < 4.78 is 6.83. The minimum atomic E-state index is 0.0450. The fourth-order valence-corrected chi connectivity index (χ4v) is 4.11. The van der Waals surface area contributed by atoms with Crippen molar-refractivity contribution in [2.45, 2.75) is 44.4 Å². The predicted molar refractivity (Wildman–Crippen MR) is 99.0 cm³/mol. The summed E-state index contributed by atoms with van der Waals surface area (Å²) in [6, 6.07) is 5.68. The lowest BCUT2D eigenvalue weighted by molar-refractivity contribution is 0.0560. The molecule has 2 aromatic rings. The molecule has 26 heavy (non-hydrogen) atoms. The number of aromatic nitrogens is 2. The molecule has 132 valence electrons. The van der Waals surface area contributed by atoms with Gasteiger partial charge >= 0.3 is 0 Å². The first-order valence-electron chi connectivity index (χ1n) is 8.59. The van der Waals surface area contributed by atoms with E-state index >= 15 is 0 Å². The number of benzene rings is 1. The fourth-order valence-electron chi connectivity index (χ4n) is 3.66. The summed E-state index contributed by atoms with van der Waals surface area (Å²) in [4.78, 5) is 26.1. The van der Waals surface area contributed by atoms with Crippen molar-refractivity contribution in [3.05, 3.63) is 57.9 Å². The van der Waals surface area contributed by atoms with Crippen molar-refractivity contribution >= 4 is 27.5 Å². The lowest BCUT2D eigenvalue weighted by Gasteiger charge is -2.34. The van der Waals surface area contributed by atoms with Gasteiger partial charge in [-0.25, -0.2) is 14.8 Å². The van der Waals surface area contributed by atoms with Crippen molar-refractivity contribution in [2.75, 3.05) is 0 Å². The summed E-state index contributed by atoms with van der Waals surface area (Å²) in [5.41, 5.74) is 2.04. The molecule has 0 saturated heterocycles. The molecule has 1 aliphatic carbocycles. The van der Waals surface area contributed by atoms with E-state index in [0.29, 0.717) is 17.8 Å². The minimum Gasteiger partial charge on any atom is -0.491 e. The number of nitrogens with zero attached hydrogens (tertiary/aromatic N) is 4. The Morgan fingerprint density at radius 1 is 1.27 bits per heavy atom. The molecule has 7 heteroatoms. The van der Waals surface area contributed by atoms with Crippen LogP contribution in [0.4, 0.5) is 5.69 Å². The predicted octanol–water partition coefficient (Wildman–Crippen LogP) is 4.14. The van der Waals surface area contributed by atoms with Crippen LogP contribution >= 0.6 is 15.9 Å². The Labute approximate surface area is 160 Å². The standard InChI is InChI=1S/C19H17BrN4O2/c1-21-17-7-6-14(8-16(17)20)26-13-4-2-12(3-5-13)24-10-18-15(19(24)25)9-22-11-23-18/h6-9,11-13H,2-5,10H2. The first-order valence-corrected chi connectivity index (χ1v) is 9.38. The van der Waals surface area contributed by atoms with E-state index in [1.807, 2.05) is 17.0 Å². The van der Waals surface area contributed by atoms with Crippen LogP contribution in [0.3, 0.4) is 0 Å². The van der Waals surface area contributed by atoms with E-state index < -0.39 is 0 Å². The van der Waals surface area contributed by atoms with Gasteiger partial charge < -0.3 is 9.64 Å². The van der Waals surface area contributed by atoms with Gasteiger partial charge in [-0.2, -0.15) is 0 Å². The number of carbonyl (C=O) groups is 1. The van der Waals surface area contributed by atoms with E-state index in [4.69, 9.17) is 11.3 Å². The summed E-state index contributed by atoms with van der Waals surface area (Å²) in [7, 11) is 0. The summed E-state index contributed by atoms with van der Waals surface area (Å²) in [6.45, 7) is 7.67. The molecule has 1 aliphatic heterocycles. The van der Waals surface area contributed by atoms with Gasteiger partial charge in [0, 0.05) is 16.7 Å². The van der Waals surface area contributed by atoms with Crippen LogP contribution in [0.5, 0.6) is 5.75 Å². The van der Waals surface area contributed by atoms with Crippen molar-refractivity contribution in [3.63, 3.8) is 0 Å². The number of halogens is 1. The molecule has 0 atom stereocenters. The molecule has 1 fully saturated rings. The molecule has 0 unspecified atom stereocenters. The average molecular weight is 413 g/mol. The zero-order valence-corrected chi connectivity index (χ0v) is 15.6. The number of hydrogen-bond donors (Lipinski definition) is 0. The van der Waals surface area contributed by atoms with Crippen LogP contribution in [0.15, 0.2) is 35.2 Å². The third kappa shape index (κ3) is 3.17. The summed E-state index contributed by atoms with van der Waals surface area (Å²) >= 11 is 3.40. The largest absolute Gasteiger partial charge is 0.491 e. The monoisotopic (exact) mass is 412 g/mol. The Bertz CT molecular complexity index is 887. The molecule has 0 bridgehead atoms. The van der Waals surface area contributed by atoms with E-state index in [9.17, 15) is 4.79 Å². The van der Waals surface area contributed by atoms with Gasteiger partial charge in [0.05, 0.1) is 30.5 Å². The topological polar surface area (TPSA) is 59.7 Å². The summed E-state index contributed by atoms with van der Waals surface area (Å²) in [6.07, 6.45) is 6.88. The summed E-state index contributed by atoms with van der Waals surface area (Å²) in [5.74, 6) is 0.816. The molecule has 0 spiro atoms. The van der Waals surface area contributed by atoms with Gasteiger partial charge in [0.2, 0.25) is 5.69 Å². The van der Waals surface area contributed by atoms with Crippen molar-refractivity contribution in [1.29, 1.82) is 0 Å². The summed E-state index contributed by atoms with van der Waals surface area (Å²) in [5, 5.41) is 0. The van der Waals surface area contributed by atoms with Crippen molar-refractivity contribution < 1.29 is 9.53 Å². The second-order valence-electron chi connectivity index (χ2n) is 6.59. The van der Waals surface area contributed by atoms with E-state index in [-0.39, 0.29) is 18.1 Å². The highest BCUT2D eigenvalue weighted by Gasteiger charge is 2.36. The molecule has 0 radical (unpaired) electrons. The van der Waals surface area contributed by atoms with Gasteiger partial charge in [-0.1, -0.05) is 22.0 Å². The maximum Gasteiger partial charge on any atom is 0.257 e. The Kier molecular flexibility index (Phi) is 4.60. The van der Waals surface area contributed by atoms with E-state index in [1.165, 1.54) is 6.33 Å². The molecular weight excluding hydrogens is 396 g/mol. The van der Waals surface area contributed by atoms with Crippen LogP contribution in [-0.4, -0.2) is 32.9 Å². The third-order valence-corrected chi connectivity index (χ3v) is 5.67. The first-order chi connectivity index (χ1) is 12.7. The first kappa shape index (κ1) is 17.0. The van der Waals surface area contributed by atoms with Crippen LogP contribution in [0.25, 0.3) is 4.85 Å². The van der Waals surface area contributed by atoms with Crippen molar-refractivity contribution in [1.82, 2.24) is 14.9 Å². The lowest BCUT2D eigenvalue weighted by atomic mass is 9.92. The number of fused-ring (bicyclic) bond motifs is 1. The van der Waals surface area contributed by atoms with Crippen LogP contribution in [0.2, 0.25) is 0 Å². The van der Waals surface area contributed by atoms with Gasteiger partial charge in [0.15, 0.2) is 0 Å². The zero-order chi connectivity index (χ0) is 18.1. The van der Waals surface area contributed by atoms with Gasteiger partial charge in [0.25, 0.3) is 5.91 Å². The fraction of sp³-hybridized carbons (Fsp3) is 0.368. The molecule has 0 N–H and O–H groups in total. The van der Waals surface area contributed by atoms with Crippen LogP contribution < -0.4 is 4.74 Å². The number of amides is 1. The molecule has 4 rings (SSSR count). The van der Waals surface area contributed by atoms with E-state index in [1.54, 1.807) is 12.3 Å². The Morgan fingerprint density at radius 2 is 2.08 bits per heavy atom. The number of carbonyl (C=O) groups excluding carboxylic acids is 1. The second kappa shape index (κ2) is 7.04. The number of ether oxygens (including phenoxy) is 1. The van der Waals surface area contributed by atoms with Crippen LogP contribution in [0, 0.1) is 6.57 Å². The molecular formula is C19H17BrN4O2. The molecule has 2 heterocycles. The van der Waals surface area contributed by atoms with Gasteiger partial charge in [-0.05, 0) is 37.8 Å². The Morgan fingerprint density at radius 3 is 2.77 bits per heavy atom. The highest BCUT2D eigenvalue weighted by Crippen LogP contribution is 2.34. The Hall–Kier alpha value is -2.46. The second-order valence-corrected chi connectivity index (χ2v) is 7.44. The molecule has 1 aromatic carbocycles. The smallest absolute Gasteiger partial charge is 0.257 e. The third-order valence-electron chi connectivity index (χ3n) is 5.03. The van der Waals surface area contributed by atoms with E-state index in [2.05, 4.69) is 30.7 Å². The molecule has 1 amide bonds. The average Bonchev–Trinajstić information content (AvgIpc) is 3.00.